The molecule has 0 saturated carbocycles. The van der Waals surface area contributed by atoms with Gasteiger partial charge in [0.25, 0.3) is 10.0 Å². The number of sulfonamides is 1. The molecule has 4 aromatic rings. The highest BCUT2D eigenvalue weighted by Crippen LogP contribution is 2.28. The van der Waals surface area contributed by atoms with Crippen molar-refractivity contribution in [2.45, 2.75) is 64.1 Å². The number of nitrogens with one attached hydrogen (secondary N) is 1. The maximum atomic E-state index is 14.6. The molecule has 46 heavy (non-hydrogen) atoms. The third-order valence-electron chi connectivity index (χ3n) is 7.43. The average molecular weight is 642 g/mol. The number of carbonyl (C=O) groups is 2. The number of ether oxygens (including phenoxy) is 1. The van der Waals surface area contributed by atoms with Crippen molar-refractivity contribution in [1.82, 2.24) is 10.2 Å². The van der Waals surface area contributed by atoms with Gasteiger partial charge in [0.15, 0.2) is 0 Å². The van der Waals surface area contributed by atoms with E-state index >= 15 is 0 Å². The van der Waals surface area contributed by atoms with Crippen LogP contribution in [0.5, 0.6) is 5.75 Å². The van der Waals surface area contributed by atoms with E-state index in [1.54, 1.807) is 36.4 Å². The van der Waals surface area contributed by atoms with Crippen LogP contribution in [-0.2, 0) is 32.6 Å². The van der Waals surface area contributed by atoms with Gasteiger partial charge >= 0.3 is 0 Å². The molecular formula is C37H43N3O5S. The Labute approximate surface area is 273 Å². The molecular weight excluding hydrogens is 598 g/mol. The van der Waals surface area contributed by atoms with E-state index in [-0.39, 0.29) is 29.5 Å². The fraction of sp³-hybridized carbons (Fsp3) is 0.297. The van der Waals surface area contributed by atoms with Gasteiger partial charge in [0.05, 0.1) is 17.7 Å². The lowest BCUT2D eigenvalue weighted by Gasteiger charge is -2.35. The van der Waals surface area contributed by atoms with Crippen molar-refractivity contribution in [3.05, 3.63) is 125 Å². The quantitative estimate of drug-likeness (QED) is 0.203. The van der Waals surface area contributed by atoms with Gasteiger partial charge in [-0.25, -0.2) is 8.42 Å². The first-order chi connectivity index (χ1) is 21.8. The van der Waals surface area contributed by atoms with Crippen LogP contribution in [-0.4, -0.2) is 50.4 Å². The van der Waals surface area contributed by atoms with Crippen LogP contribution in [0, 0.1) is 13.8 Å². The van der Waals surface area contributed by atoms with Crippen LogP contribution in [0.25, 0.3) is 0 Å². The van der Waals surface area contributed by atoms with Gasteiger partial charge in [-0.1, -0.05) is 83.9 Å². The highest BCUT2D eigenvalue weighted by Gasteiger charge is 2.35. The van der Waals surface area contributed by atoms with Gasteiger partial charge in [-0.3, -0.25) is 13.9 Å². The van der Waals surface area contributed by atoms with Crippen molar-refractivity contribution in [2.75, 3.05) is 18.0 Å². The molecule has 0 aromatic heterocycles. The molecule has 0 aliphatic heterocycles. The van der Waals surface area contributed by atoms with Crippen molar-refractivity contribution < 1.29 is 22.7 Å². The maximum Gasteiger partial charge on any atom is 0.264 e. The van der Waals surface area contributed by atoms with E-state index in [9.17, 15) is 18.0 Å². The molecule has 4 aromatic carbocycles. The van der Waals surface area contributed by atoms with Crippen LogP contribution < -0.4 is 14.4 Å². The molecule has 0 saturated heterocycles. The number of rotatable bonds is 12. The Balaban J connectivity index is 1.83. The molecule has 8 nitrogen and oxygen atoms in total. The highest BCUT2D eigenvalue weighted by molar-refractivity contribution is 7.92. The lowest BCUT2D eigenvalue weighted by molar-refractivity contribution is -0.140. The van der Waals surface area contributed by atoms with Crippen LogP contribution >= 0.6 is 0 Å². The molecule has 0 fully saturated rings. The molecule has 2 amide bonds. The van der Waals surface area contributed by atoms with Crippen molar-refractivity contribution in [1.29, 1.82) is 0 Å². The molecule has 0 bridgehead atoms. The van der Waals surface area contributed by atoms with E-state index in [4.69, 9.17) is 4.74 Å². The number of nitrogens with zero attached hydrogens (tertiary/aromatic N) is 2. The summed E-state index contributed by atoms with van der Waals surface area (Å²) in [5.74, 6) is -0.408. The zero-order chi connectivity index (χ0) is 33.5. The predicted molar refractivity (Wildman–Crippen MR) is 182 cm³/mol. The van der Waals surface area contributed by atoms with Crippen LogP contribution in [0.3, 0.4) is 0 Å². The lowest BCUT2D eigenvalue weighted by atomic mass is 10.0. The second-order valence-electron chi connectivity index (χ2n) is 12.5. The third kappa shape index (κ3) is 8.97. The Bertz CT molecular complexity index is 1750. The summed E-state index contributed by atoms with van der Waals surface area (Å²) < 4.78 is 34.9. The number of benzene rings is 4. The van der Waals surface area contributed by atoms with Gasteiger partial charge in [0.1, 0.15) is 18.3 Å². The van der Waals surface area contributed by atoms with E-state index in [0.29, 0.717) is 5.75 Å². The van der Waals surface area contributed by atoms with E-state index < -0.39 is 34.1 Å². The Morgan fingerprint density at radius 3 is 2.09 bits per heavy atom. The molecule has 0 spiro atoms. The fourth-order valence-electron chi connectivity index (χ4n) is 5.15. The topological polar surface area (TPSA) is 96.0 Å². The molecule has 4 rings (SSSR count). The summed E-state index contributed by atoms with van der Waals surface area (Å²) in [6, 6.07) is 29.4. The summed E-state index contributed by atoms with van der Waals surface area (Å²) in [4.78, 5) is 30.2. The van der Waals surface area contributed by atoms with E-state index in [1.807, 2.05) is 89.2 Å². The second-order valence-corrected chi connectivity index (χ2v) is 14.3. The number of hydrogen-bond donors (Lipinski definition) is 1. The van der Waals surface area contributed by atoms with E-state index in [2.05, 4.69) is 5.32 Å². The molecule has 0 unspecified atom stereocenters. The fourth-order valence-corrected chi connectivity index (χ4v) is 6.55. The first-order valence-corrected chi connectivity index (χ1v) is 16.7. The monoisotopic (exact) mass is 641 g/mol. The zero-order valence-electron chi connectivity index (χ0n) is 27.4. The van der Waals surface area contributed by atoms with Crippen molar-refractivity contribution >= 4 is 27.5 Å². The second kappa shape index (κ2) is 14.6. The summed E-state index contributed by atoms with van der Waals surface area (Å²) in [6.07, 6.45) is 0.240. The van der Waals surface area contributed by atoms with E-state index in [1.165, 1.54) is 24.1 Å². The van der Waals surface area contributed by atoms with Gasteiger partial charge in [-0.05, 0) is 70.0 Å². The first-order valence-electron chi connectivity index (χ1n) is 15.2. The number of methoxy groups -OCH3 is 1. The van der Waals surface area contributed by atoms with Gasteiger partial charge < -0.3 is 15.0 Å². The van der Waals surface area contributed by atoms with Gasteiger partial charge in [0, 0.05) is 24.6 Å². The van der Waals surface area contributed by atoms with Crippen molar-refractivity contribution in [3.8, 4) is 5.75 Å². The Kier molecular flexibility index (Phi) is 10.9. The molecule has 0 heterocycles. The molecule has 0 aliphatic rings. The maximum absolute atomic E-state index is 14.6. The molecule has 0 radical (unpaired) electrons. The predicted octanol–water partition coefficient (Wildman–Crippen LogP) is 6.06. The summed E-state index contributed by atoms with van der Waals surface area (Å²) in [7, 11) is -2.71. The summed E-state index contributed by atoms with van der Waals surface area (Å²) in [5, 5.41) is 3.05. The minimum Gasteiger partial charge on any atom is -0.497 e. The van der Waals surface area contributed by atoms with Gasteiger partial charge in [-0.2, -0.15) is 0 Å². The number of anilines is 1. The molecule has 242 valence electrons. The van der Waals surface area contributed by atoms with Crippen molar-refractivity contribution in [2.24, 2.45) is 0 Å². The van der Waals surface area contributed by atoms with Crippen LogP contribution in [0.4, 0.5) is 5.69 Å². The summed E-state index contributed by atoms with van der Waals surface area (Å²) in [5.41, 5.74) is 3.30. The van der Waals surface area contributed by atoms with Gasteiger partial charge in [0.2, 0.25) is 11.8 Å². The average Bonchev–Trinajstić information content (AvgIpc) is 3.01. The number of carbonyl (C=O) groups excluding carboxylic acids is 2. The standard InChI is InChI=1S/C37H43N3O5S/c1-27-18-20-33(21-19-27)46(43,44)40(31-16-11-17-32(24-31)45-6)26-35(41)39(25-30-15-10-12-28(2)22-30)34(36(42)38-37(3,4)5)23-29-13-8-7-9-14-29/h7-22,24,34H,23,25-26H2,1-6H3,(H,38,42)/t34-/m1/s1. The normalized spacial score (nSPS) is 12.2. The minimum absolute atomic E-state index is 0.0465. The largest absolute Gasteiger partial charge is 0.497 e. The van der Waals surface area contributed by atoms with Crippen LogP contribution in [0.1, 0.15) is 43.0 Å². The lowest BCUT2D eigenvalue weighted by Crippen LogP contribution is -2.56. The minimum atomic E-state index is -4.21. The zero-order valence-corrected chi connectivity index (χ0v) is 28.2. The van der Waals surface area contributed by atoms with Crippen LogP contribution in [0.2, 0.25) is 0 Å². The Morgan fingerprint density at radius 2 is 1.46 bits per heavy atom. The number of amides is 2. The number of hydrogen-bond acceptors (Lipinski definition) is 5. The van der Waals surface area contributed by atoms with Gasteiger partial charge in [-0.15, -0.1) is 0 Å². The summed E-state index contributed by atoms with van der Waals surface area (Å²) >= 11 is 0. The molecule has 0 aliphatic carbocycles. The Morgan fingerprint density at radius 1 is 0.804 bits per heavy atom. The van der Waals surface area contributed by atoms with Crippen LogP contribution in [0.15, 0.2) is 108 Å². The highest BCUT2D eigenvalue weighted by atomic mass is 32.2. The molecule has 1 atom stereocenters. The third-order valence-corrected chi connectivity index (χ3v) is 9.22. The number of aryl methyl sites for hydroxylation is 2. The first kappa shape index (κ1) is 34.2. The molecule has 9 heteroatoms. The SMILES string of the molecule is COc1cccc(N(CC(=O)N(Cc2cccc(C)c2)[C@H](Cc2ccccc2)C(=O)NC(C)(C)C)S(=O)(=O)c2ccc(C)cc2)c1. The molecule has 1 N–H and O–H groups in total. The smallest absolute Gasteiger partial charge is 0.264 e. The van der Waals surface area contributed by atoms with E-state index in [0.717, 1.165) is 26.6 Å². The van der Waals surface area contributed by atoms with Crippen molar-refractivity contribution in [3.63, 3.8) is 0 Å². The summed E-state index contributed by atoms with van der Waals surface area (Å²) in [6.45, 7) is 9.05. The Hall–Kier alpha value is -4.63.